The van der Waals surface area contributed by atoms with Crippen molar-refractivity contribution in [3.05, 3.63) is 12.4 Å². The average molecular weight is 343 g/mol. The van der Waals surface area contributed by atoms with Crippen molar-refractivity contribution in [1.82, 2.24) is 19.4 Å². The number of carbonyl (C=O) groups excluding carboxylic acids is 1. The Morgan fingerprint density at radius 3 is 2.70 bits per heavy atom. The molecular weight excluding hydrogens is 318 g/mol. The van der Waals surface area contributed by atoms with Crippen LogP contribution < -0.4 is 10.0 Å². The minimum Gasteiger partial charge on any atom is -0.323 e. The Bertz CT molecular complexity index is 662. The van der Waals surface area contributed by atoms with Gasteiger partial charge in [-0.25, -0.2) is 17.9 Å². The van der Waals surface area contributed by atoms with Gasteiger partial charge in [0.15, 0.2) is 0 Å². The van der Waals surface area contributed by atoms with Crippen LogP contribution in [0.3, 0.4) is 0 Å². The molecule has 1 fully saturated rings. The molecule has 1 aliphatic rings. The van der Waals surface area contributed by atoms with Gasteiger partial charge >= 0.3 is 6.03 Å². The van der Waals surface area contributed by atoms with E-state index in [9.17, 15) is 13.2 Å². The first kappa shape index (κ1) is 17.7. The summed E-state index contributed by atoms with van der Waals surface area (Å²) in [6.45, 7) is 8.77. The van der Waals surface area contributed by atoms with Gasteiger partial charge in [-0.2, -0.15) is 5.10 Å². The molecule has 1 unspecified atom stereocenters. The van der Waals surface area contributed by atoms with Crippen molar-refractivity contribution in [1.29, 1.82) is 0 Å². The number of sulfonamides is 1. The minimum absolute atomic E-state index is 0.165. The number of amides is 2. The number of carbonyl (C=O) groups is 1. The van der Waals surface area contributed by atoms with Crippen molar-refractivity contribution >= 4 is 21.7 Å². The van der Waals surface area contributed by atoms with Gasteiger partial charge in [-0.15, -0.1) is 0 Å². The van der Waals surface area contributed by atoms with Gasteiger partial charge in [-0.05, 0) is 27.2 Å². The summed E-state index contributed by atoms with van der Waals surface area (Å²) in [5.41, 5.74) is 0.435. The van der Waals surface area contributed by atoms with E-state index < -0.39 is 15.3 Å². The highest BCUT2D eigenvalue weighted by molar-refractivity contribution is 7.90. The minimum atomic E-state index is -3.35. The molecule has 2 heterocycles. The summed E-state index contributed by atoms with van der Waals surface area (Å²) < 4.78 is 28.2. The highest BCUT2D eigenvalue weighted by atomic mass is 32.2. The van der Waals surface area contributed by atoms with Gasteiger partial charge in [0.2, 0.25) is 10.0 Å². The number of urea groups is 1. The van der Waals surface area contributed by atoms with E-state index in [4.69, 9.17) is 0 Å². The molecule has 1 saturated heterocycles. The van der Waals surface area contributed by atoms with Gasteiger partial charge in [0, 0.05) is 25.8 Å². The first-order valence-corrected chi connectivity index (χ1v) is 9.27. The van der Waals surface area contributed by atoms with Crippen molar-refractivity contribution in [2.45, 2.75) is 44.9 Å². The van der Waals surface area contributed by atoms with Crippen LogP contribution in [0.15, 0.2) is 12.4 Å². The zero-order valence-corrected chi connectivity index (χ0v) is 14.9. The van der Waals surface area contributed by atoms with Crippen LogP contribution in [-0.4, -0.2) is 54.0 Å². The maximum Gasteiger partial charge on any atom is 0.321 e. The molecule has 0 radical (unpaired) electrons. The lowest BCUT2D eigenvalue weighted by atomic mass is 10.1. The third-order valence-electron chi connectivity index (χ3n) is 3.74. The number of aromatic nitrogens is 2. The van der Waals surface area contributed by atoms with Gasteiger partial charge in [0.05, 0.1) is 22.7 Å². The van der Waals surface area contributed by atoms with E-state index in [-0.39, 0.29) is 18.1 Å². The van der Waals surface area contributed by atoms with E-state index in [1.807, 2.05) is 20.8 Å². The van der Waals surface area contributed by atoms with Crippen LogP contribution in [0.1, 0.15) is 34.1 Å². The lowest BCUT2D eigenvalue weighted by Crippen LogP contribution is -2.38. The van der Waals surface area contributed by atoms with Gasteiger partial charge in [-0.3, -0.25) is 4.68 Å². The maximum absolute atomic E-state index is 12.3. The van der Waals surface area contributed by atoms with Crippen LogP contribution in [0.4, 0.5) is 10.5 Å². The number of nitrogens with one attached hydrogen (secondary N) is 2. The maximum atomic E-state index is 12.3. The molecule has 2 N–H and O–H groups in total. The zero-order valence-electron chi connectivity index (χ0n) is 14.0. The normalized spacial score (nSPS) is 19.1. The molecular formula is C14H25N5O3S. The molecule has 1 atom stereocenters. The van der Waals surface area contributed by atoms with Crippen LogP contribution in [0, 0.1) is 0 Å². The van der Waals surface area contributed by atoms with Crippen molar-refractivity contribution in [3.8, 4) is 0 Å². The van der Waals surface area contributed by atoms with E-state index in [0.717, 1.165) is 0 Å². The predicted molar refractivity (Wildman–Crippen MR) is 88.8 cm³/mol. The van der Waals surface area contributed by atoms with Gasteiger partial charge < -0.3 is 10.2 Å². The monoisotopic (exact) mass is 343 g/mol. The molecule has 2 rings (SSSR count). The molecule has 0 saturated carbocycles. The van der Waals surface area contributed by atoms with Crippen molar-refractivity contribution in [3.63, 3.8) is 0 Å². The van der Waals surface area contributed by atoms with E-state index in [1.54, 1.807) is 24.0 Å². The molecule has 23 heavy (non-hydrogen) atoms. The Hall–Kier alpha value is -1.61. The smallest absolute Gasteiger partial charge is 0.321 e. The number of hydrogen-bond acceptors (Lipinski definition) is 4. The van der Waals surface area contributed by atoms with Crippen LogP contribution >= 0.6 is 0 Å². The topological polar surface area (TPSA) is 96.3 Å². The number of anilines is 1. The van der Waals surface area contributed by atoms with Crippen LogP contribution in [-0.2, 0) is 15.6 Å². The summed E-state index contributed by atoms with van der Waals surface area (Å²) in [7, 11) is -3.35. The number of likely N-dealkylation sites (tertiary alicyclic amines) is 1. The summed E-state index contributed by atoms with van der Waals surface area (Å²) >= 11 is 0. The van der Waals surface area contributed by atoms with Crippen molar-refractivity contribution < 1.29 is 13.2 Å². The lowest BCUT2D eigenvalue weighted by Gasteiger charge is -2.19. The molecule has 8 nitrogen and oxygen atoms in total. The third-order valence-corrected chi connectivity index (χ3v) is 5.69. The molecule has 1 aliphatic heterocycles. The van der Waals surface area contributed by atoms with Crippen LogP contribution in [0.2, 0.25) is 0 Å². The van der Waals surface area contributed by atoms with E-state index in [1.165, 1.54) is 4.90 Å². The zero-order chi connectivity index (χ0) is 17.3. The average Bonchev–Trinajstić information content (AvgIpc) is 3.06. The van der Waals surface area contributed by atoms with Gasteiger partial charge in [-0.1, -0.05) is 6.92 Å². The first-order valence-electron chi connectivity index (χ1n) is 7.73. The molecule has 0 aromatic carbocycles. The molecule has 130 valence electrons. The van der Waals surface area contributed by atoms with E-state index in [0.29, 0.717) is 25.2 Å². The molecule has 1 aromatic rings. The van der Waals surface area contributed by atoms with Crippen LogP contribution in [0.5, 0.6) is 0 Å². The molecule has 0 spiro atoms. The molecule has 0 bridgehead atoms. The van der Waals surface area contributed by atoms with E-state index >= 15 is 0 Å². The highest BCUT2D eigenvalue weighted by Crippen LogP contribution is 2.19. The second kappa shape index (κ2) is 6.48. The molecule has 2 amide bonds. The molecule has 9 heteroatoms. The Labute approximate surface area is 137 Å². The van der Waals surface area contributed by atoms with Crippen molar-refractivity contribution in [2.24, 2.45) is 0 Å². The highest BCUT2D eigenvalue weighted by Gasteiger charge is 2.34. The largest absolute Gasteiger partial charge is 0.323 e. The molecule has 0 aliphatic carbocycles. The number of hydrogen-bond donors (Lipinski definition) is 2. The van der Waals surface area contributed by atoms with Gasteiger partial charge in [0.25, 0.3) is 0 Å². The first-order chi connectivity index (χ1) is 10.6. The van der Waals surface area contributed by atoms with E-state index in [2.05, 4.69) is 15.1 Å². The predicted octanol–water partition coefficient (Wildman–Crippen LogP) is 1.18. The lowest BCUT2D eigenvalue weighted by molar-refractivity contribution is 0.222. The third kappa shape index (κ3) is 4.23. The second-order valence-electron chi connectivity index (χ2n) is 6.67. The Morgan fingerprint density at radius 2 is 2.13 bits per heavy atom. The Morgan fingerprint density at radius 1 is 1.43 bits per heavy atom. The fourth-order valence-corrected chi connectivity index (χ4v) is 3.87. The summed E-state index contributed by atoms with van der Waals surface area (Å²) in [6, 6.07) is -0.298. The summed E-state index contributed by atoms with van der Waals surface area (Å²) in [4.78, 5) is 13.8. The Kier molecular flexibility index (Phi) is 5.00. The number of rotatable bonds is 4. The summed E-state index contributed by atoms with van der Waals surface area (Å²) in [5, 5.41) is 6.44. The second-order valence-corrected chi connectivity index (χ2v) is 8.72. The Balaban J connectivity index is 1.96. The fourth-order valence-electron chi connectivity index (χ4n) is 2.44. The summed E-state index contributed by atoms with van der Waals surface area (Å²) in [6.07, 6.45) is 3.80. The summed E-state index contributed by atoms with van der Waals surface area (Å²) in [5.74, 6) is 0. The standard InChI is InChI=1S/C14H25N5O3S/c1-5-16-23(21,22)12-6-7-18(10-12)13(20)17-11-8-15-19(9-11)14(2,3)4/h8-9,12,16H,5-7,10H2,1-4H3,(H,17,20). The quantitative estimate of drug-likeness (QED) is 0.858. The number of nitrogens with zero attached hydrogens (tertiary/aromatic N) is 3. The molecule has 1 aromatic heterocycles. The van der Waals surface area contributed by atoms with Crippen LogP contribution in [0.25, 0.3) is 0 Å². The SMILES string of the molecule is CCNS(=O)(=O)C1CCN(C(=O)Nc2cnn(C(C)(C)C)c2)C1. The fraction of sp³-hybridized carbons (Fsp3) is 0.714. The van der Waals surface area contributed by atoms with Gasteiger partial charge in [0.1, 0.15) is 0 Å². The van der Waals surface area contributed by atoms with Crippen molar-refractivity contribution in [2.75, 3.05) is 25.0 Å².